The molecule has 0 atom stereocenters. The highest BCUT2D eigenvalue weighted by molar-refractivity contribution is 14.0. The number of nitrogens with zero attached hydrogens (tertiary/aromatic N) is 4. The van der Waals surface area contributed by atoms with Crippen molar-refractivity contribution in [1.29, 1.82) is 0 Å². The Kier molecular flexibility index (Phi) is 11.1. The molecule has 7 nitrogen and oxygen atoms in total. The average Bonchev–Trinajstić information content (AvgIpc) is 2.90. The van der Waals surface area contributed by atoms with Crippen molar-refractivity contribution in [1.82, 2.24) is 20.1 Å². The van der Waals surface area contributed by atoms with Crippen LogP contribution in [0.2, 0.25) is 0 Å². The van der Waals surface area contributed by atoms with E-state index in [1.165, 1.54) is 0 Å². The van der Waals surface area contributed by atoms with Crippen molar-refractivity contribution in [2.45, 2.75) is 46.8 Å². The third-order valence-corrected chi connectivity index (χ3v) is 4.16. The first-order valence-corrected chi connectivity index (χ1v) is 9.35. The summed E-state index contributed by atoms with van der Waals surface area (Å²) in [6, 6.07) is 0. The summed E-state index contributed by atoms with van der Waals surface area (Å²) in [6.45, 7) is 12.0. The summed E-state index contributed by atoms with van der Waals surface area (Å²) in [5.41, 5.74) is 0.539. The van der Waals surface area contributed by atoms with Crippen molar-refractivity contribution < 1.29 is 9.53 Å². The van der Waals surface area contributed by atoms with Crippen LogP contribution in [0.5, 0.6) is 0 Å². The van der Waals surface area contributed by atoms with E-state index in [4.69, 9.17) is 4.74 Å². The summed E-state index contributed by atoms with van der Waals surface area (Å²) in [6.07, 6.45) is -0.293. The predicted octanol–water partition coefficient (Wildman–Crippen LogP) is 3.33. The van der Waals surface area contributed by atoms with Gasteiger partial charge in [0.15, 0.2) is 5.96 Å². The standard InChI is InChI=1S/C17H31N5O2S.HI/c1-8-22(16(23)24-17(3,4)5)10-9-19-15(18-6)21(7)11-14-12-25-13(2)20-14;/h12H,8-11H2,1-7H3,(H,18,19);1H. The van der Waals surface area contributed by atoms with Crippen molar-refractivity contribution >= 4 is 47.4 Å². The Bertz CT molecular complexity index is 586. The molecule has 1 aromatic heterocycles. The molecule has 0 spiro atoms. The number of ether oxygens (including phenoxy) is 1. The number of halogens is 1. The molecule has 1 amide bonds. The molecule has 0 radical (unpaired) electrons. The first kappa shape index (κ1) is 24.9. The molecule has 0 fully saturated rings. The summed E-state index contributed by atoms with van der Waals surface area (Å²) in [4.78, 5) is 24.6. The van der Waals surface area contributed by atoms with Gasteiger partial charge in [-0.05, 0) is 34.6 Å². The number of carbonyl (C=O) groups is 1. The van der Waals surface area contributed by atoms with Crippen molar-refractivity contribution in [2.24, 2.45) is 4.99 Å². The van der Waals surface area contributed by atoms with Gasteiger partial charge in [-0.15, -0.1) is 35.3 Å². The molecule has 0 aliphatic carbocycles. The molecule has 9 heteroatoms. The molecule has 0 aromatic carbocycles. The molecular weight excluding hydrogens is 465 g/mol. The van der Waals surface area contributed by atoms with Gasteiger partial charge >= 0.3 is 6.09 Å². The van der Waals surface area contributed by atoms with E-state index in [1.807, 2.05) is 46.6 Å². The third-order valence-electron chi connectivity index (χ3n) is 3.34. The predicted molar refractivity (Wildman–Crippen MR) is 119 cm³/mol. The van der Waals surface area contributed by atoms with E-state index in [9.17, 15) is 4.79 Å². The van der Waals surface area contributed by atoms with Gasteiger partial charge in [-0.1, -0.05) is 0 Å². The number of hydrogen-bond acceptors (Lipinski definition) is 5. The van der Waals surface area contributed by atoms with Gasteiger partial charge in [-0.25, -0.2) is 9.78 Å². The maximum Gasteiger partial charge on any atom is 0.410 e. The lowest BCUT2D eigenvalue weighted by atomic mass is 10.2. The minimum Gasteiger partial charge on any atom is -0.444 e. The van der Waals surface area contributed by atoms with Gasteiger partial charge in [-0.2, -0.15) is 0 Å². The SMILES string of the molecule is CCN(CCNC(=NC)N(C)Cc1csc(C)n1)C(=O)OC(C)(C)C.I. The van der Waals surface area contributed by atoms with E-state index in [-0.39, 0.29) is 30.1 Å². The normalized spacial score (nSPS) is 11.6. The van der Waals surface area contributed by atoms with Crippen LogP contribution in [0.4, 0.5) is 4.79 Å². The van der Waals surface area contributed by atoms with Crippen LogP contribution in [-0.4, -0.2) is 66.2 Å². The average molecular weight is 497 g/mol. The number of rotatable bonds is 6. The minimum atomic E-state index is -0.486. The highest BCUT2D eigenvalue weighted by Gasteiger charge is 2.21. The number of aliphatic imine (C=N–C) groups is 1. The molecular formula is C17H32IN5O2S. The maximum atomic E-state index is 12.1. The molecule has 0 saturated carbocycles. The Morgan fingerprint density at radius 1 is 1.42 bits per heavy atom. The van der Waals surface area contributed by atoms with Crippen LogP contribution in [0.1, 0.15) is 38.4 Å². The smallest absolute Gasteiger partial charge is 0.410 e. The number of thiazole rings is 1. The van der Waals surface area contributed by atoms with Crippen molar-refractivity contribution in [2.75, 3.05) is 33.7 Å². The Morgan fingerprint density at radius 3 is 2.54 bits per heavy atom. The molecule has 1 rings (SSSR count). The van der Waals surface area contributed by atoms with Gasteiger partial charge in [0.1, 0.15) is 5.60 Å². The van der Waals surface area contributed by atoms with E-state index in [0.717, 1.165) is 16.7 Å². The molecule has 0 unspecified atom stereocenters. The van der Waals surface area contributed by atoms with Crippen LogP contribution in [-0.2, 0) is 11.3 Å². The molecule has 0 saturated heterocycles. The summed E-state index contributed by atoms with van der Waals surface area (Å²) in [5.74, 6) is 0.769. The highest BCUT2D eigenvalue weighted by Crippen LogP contribution is 2.10. The van der Waals surface area contributed by atoms with Crippen LogP contribution < -0.4 is 5.32 Å². The molecule has 26 heavy (non-hydrogen) atoms. The summed E-state index contributed by atoms with van der Waals surface area (Å²) in [7, 11) is 3.71. The Morgan fingerprint density at radius 2 is 2.08 bits per heavy atom. The second kappa shape index (κ2) is 11.6. The number of amides is 1. The van der Waals surface area contributed by atoms with E-state index in [1.54, 1.807) is 23.3 Å². The zero-order chi connectivity index (χ0) is 19.0. The number of aryl methyl sites for hydroxylation is 1. The molecule has 1 aromatic rings. The quantitative estimate of drug-likeness (QED) is 0.371. The second-order valence-electron chi connectivity index (χ2n) is 6.75. The molecule has 0 aliphatic rings. The van der Waals surface area contributed by atoms with Crippen LogP contribution >= 0.6 is 35.3 Å². The summed E-state index contributed by atoms with van der Waals surface area (Å²) in [5, 5.41) is 6.39. The molecule has 150 valence electrons. The lowest BCUT2D eigenvalue weighted by Crippen LogP contribution is -2.44. The van der Waals surface area contributed by atoms with Crippen molar-refractivity contribution in [3.8, 4) is 0 Å². The zero-order valence-corrected chi connectivity index (χ0v) is 20.0. The number of likely N-dealkylation sites (N-methyl/N-ethyl adjacent to an activating group) is 1. The van der Waals surface area contributed by atoms with Gasteiger partial charge in [0.05, 0.1) is 17.2 Å². The molecule has 1 N–H and O–H groups in total. The van der Waals surface area contributed by atoms with Gasteiger partial charge in [0.25, 0.3) is 0 Å². The Labute approximate surface area is 178 Å². The highest BCUT2D eigenvalue weighted by atomic mass is 127. The fourth-order valence-corrected chi connectivity index (χ4v) is 2.79. The van der Waals surface area contributed by atoms with Gasteiger partial charge in [0.2, 0.25) is 0 Å². The lowest BCUT2D eigenvalue weighted by molar-refractivity contribution is 0.0263. The van der Waals surface area contributed by atoms with Crippen LogP contribution in [0.25, 0.3) is 0 Å². The fraction of sp³-hybridized carbons (Fsp3) is 0.706. The monoisotopic (exact) mass is 497 g/mol. The first-order chi connectivity index (χ1) is 11.7. The molecule has 0 aliphatic heterocycles. The number of hydrogen-bond donors (Lipinski definition) is 1. The number of aromatic nitrogens is 1. The molecule has 0 bridgehead atoms. The lowest BCUT2D eigenvalue weighted by Gasteiger charge is -2.27. The topological polar surface area (TPSA) is 70.1 Å². The fourth-order valence-electron chi connectivity index (χ4n) is 2.19. The van der Waals surface area contributed by atoms with E-state index < -0.39 is 5.60 Å². The summed E-state index contributed by atoms with van der Waals surface area (Å²) >= 11 is 1.64. The second-order valence-corrected chi connectivity index (χ2v) is 7.81. The number of nitrogens with one attached hydrogen (secondary N) is 1. The first-order valence-electron chi connectivity index (χ1n) is 8.47. The largest absolute Gasteiger partial charge is 0.444 e. The molecule has 1 heterocycles. The van der Waals surface area contributed by atoms with Gasteiger partial charge in [0, 0.05) is 39.1 Å². The van der Waals surface area contributed by atoms with Crippen LogP contribution in [0.3, 0.4) is 0 Å². The van der Waals surface area contributed by atoms with E-state index in [0.29, 0.717) is 26.2 Å². The van der Waals surface area contributed by atoms with Crippen molar-refractivity contribution in [3.63, 3.8) is 0 Å². The minimum absolute atomic E-state index is 0. The number of guanidine groups is 1. The third kappa shape index (κ3) is 9.02. The van der Waals surface area contributed by atoms with Gasteiger partial charge in [-0.3, -0.25) is 4.99 Å². The summed E-state index contributed by atoms with van der Waals surface area (Å²) < 4.78 is 5.41. The number of carbonyl (C=O) groups excluding carboxylic acids is 1. The van der Waals surface area contributed by atoms with E-state index >= 15 is 0 Å². The van der Waals surface area contributed by atoms with E-state index in [2.05, 4.69) is 20.7 Å². The van der Waals surface area contributed by atoms with Crippen LogP contribution in [0.15, 0.2) is 10.4 Å². The maximum absolute atomic E-state index is 12.1. The van der Waals surface area contributed by atoms with Crippen molar-refractivity contribution in [3.05, 3.63) is 16.1 Å². The van der Waals surface area contributed by atoms with Gasteiger partial charge < -0.3 is 19.9 Å². The zero-order valence-electron chi connectivity index (χ0n) is 16.8. The Balaban J connectivity index is 0.00000625. The van der Waals surface area contributed by atoms with Crippen LogP contribution in [0, 0.1) is 6.92 Å². The Hall–Kier alpha value is -1.10.